The number of aromatic amines is 1. The van der Waals surface area contributed by atoms with Gasteiger partial charge in [-0.15, -0.1) is 0 Å². The Hall–Kier alpha value is -1.52. The number of hydrogen-bond acceptors (Lipinski definition) is 12. The zero-order valence-electron chi connectivity index (χ0n) is 15.0. The van der Waals surface area contributed by atoms with Gasteiger partial charge in [-0.05, 0) is 0 Å². The van der Waals surface area contributed by atoms with Crippen molar-refractivity contribution in [3.63, 3.8) is 0 Å². The second-order valence-corrected chi connectivity index (χ2v) is 10.5. The highest BCUT2D eigenvalue weighted by Crippen LogP contribution is 2.66. The third-order valence-electron chi connectivity index (χ3n) is 3.91. The number of aliphatic hydroxyl groups is 1. The Bertz CT molecular complexity index is 1170. The zero-order chi connectivity index (χ0) is 23.2. The molecule has 3 heterocycles. The number of nitrogens with zero attached hydrogens (tertiary/aromatic N) is 3. The van der Waals surface area contributed by atoms with E-state index < -0.39 is 60.5 Å². The van der Waals surface area contributed by atoms with Gasteiger partial charge in [0.25, 0.3) is 5.56 Å². The molecule has 5 unspecified atom stereocenters. The van der Waals surface area contributed by atoms with Gasteiger partial charge in [-0.1, -0.05) is 0 Å². The maximum absolute atomic E-state index is 11.8. The lowest BCUT2D eigenvalue weighted by atomic mass is 9.95. The Balaban J connectivity index is 1.66. The van der Waals surface area contributed by atoms with Crippen LogP contribution in [0.2, 0.25) is 0 Å². The molecule has 0 saturated carbocycles. The second-order valence-electron chi connectivity index (χ2n) is 6.07. The number of anilines is 1. The van der Waals surface area contributed by atoms with Gasteiger partial charge in [-0.25, -0.2) is 18.7 Å². The summed E-state index contributed by atoms with van der Waals surface area (Å²) in [7, 11) is -16.5. The lowest BCUT2D eigenvalue weighted by Gasteiger charge is -2.44. The highest BCUT2D eigenvalue weighted by atomic mass is 31.3. The van der Waals surface area contributed by atoms with E-state index in [1.54, 1.807) is 0 Å². The first-order valence-corrected chi connectivity index (χ1v) is 12.5. The van der Waals surface area contributed by atoms with E-state index >= 15 is 0 Å². The second kappa shape index (κ2) is 8.44. The number of phosphoric ester groups is 1. The molecule has 5 atom stereocenters. The monoisotopic (exact) mass is 507 g/mol. The fraction of sp³-hybridized carbons (Fsp3) is 0.500. The van der Waals surface area contributed by atoms with Crippen molar-refractivity contribution >= 4 is 40.6 Å². The molecule has 0 amide bonds. The van der Waals surface area contributed by atoms with E-state index in [2.05, 4.69) is 28.1 Å². The molecule has 2 aromatic heterocycles. The minimum Gasteiger partial charge on any atom is -0.396 e. The van der Waals surface area contributed by atoms with Crippen LogP contribution in [-0.4, -0.2) is 63.5 Å². The van der Waals surface area contributed by atoms with Crippen LogP contribution in [0.3, 0.4) is 0 Å². The molecule has 174 valence electrons. The fourth-order valence-electron chi connectivity index (χ4n) is 2.72. The van der Waals surface area contributed by atoms with Gasteiger partial charge in [0.2, 0.25) is 5.95 Å². The Morgan fingerprint density at radius 2 is 1.87 bits per heavy atom. The van der Waals surface area contributed by atoms with Crippen LogP contribution < -0.4 is 11.3 Å². The number of H-pyrrole nitrogens is 1. The summed E-state index contributed by atoms with van der Waals surface area (Å²) in [5.74, 6) is -0.963. The zero-order valence-corrected chi connectivity index (χ0v) is 17.7. The van der Waals surface area contributed by atoms with E-state index in [1.807, 2.05) is 0 Å². The lowest BCUT2D eigenvalue weighted by Crippen LogP contribution is -2.49. The first kappa shape index (κ1) is 24.1. The van der Waals surface area contributed by atoms with E-state index in [1.165, 1.54) is 10.9 Å². The summed E-state index contributed by atoms with van der Waals surface area (Å²) >= 11 is 0. The van der Waals surface area contributed by atoms with Crippen molar-refractivity contribution in [2.75, 3.05) is 18.9 Å². The Labute approximate surface area is 171 Å². The standard InChI is InChI=1S/C10H16N5O13P3/c11-10-13-7-6(8(17)14-10)12-3-15(7)9-4(1-16)5(26-9)2-25-30(21,22)28-31(23,24)27-29(18,19)20/h3-5,9,16H,1-2H2,(H,21,22)(H,23,24)(H2,18,19,20)(H3,11,13,14,17). The topological polar surface area (TPSA) is 279 Å². The molecular formula is C10H16N5O13P3. The molecule has 0 spiro atoms. The number of ether oxygens (including phenoxy) is 1. The molecule has 0 radical (unpaired) electrons. The van der Waals surface area contributed by atoms with E-state index in [9.17, 15) is 28.5 Å². The lowest BCUT2D eigenvalue weighted by molar-refractivity contribution is -0.242. The molecule has 0 bridgehead atoms. The number of nitrogen functional groups attached to an aromatic ring is 1. The number of imidazole rings is 1. The number of hydrogen-bond donors (Lipinski definition) is 7. The Morgan fingerprint density at radius 3 is 2.48 bits per heavy atom. The summed E-state index contributed by atoms with van der Waals surface area (Å²) in [4.78, 5) is 57.5. The van der Waals surface area contributed by atoms with Crippen LogP contribution in [0.15, 0.2) is 11.1 Å². The van der Waals surface area contributed by atoms with E-state index in [-0.39, 0.29) is 17.1 Å². The first-order chi connectivity index (χ1) is 14.2. The number of aromatic nitrogens is 4. The van der Waals surface area contributed by atoms with Crippen molar-refractivity contribution < 1.29 is 56.3 Å². The highest BCUT2D eigenvalue weighted by Gasteiger charge is 2.47. The molecule has 0 aromatic carbocycles. The van der Waals surface area contributed by atoms with Gasteiger partial charge < -0.3 is 35.2 Å². The minimum absolute atomic E-state index is 0.0498. The van der Waals surface area contributed by atoms with Crippen molar-refractivity contribution in [1.82, 2.24) is 19.5 Å². The summed E-state index contributed by atoms with van der Waals surface area (Å²) < 4.78 is 52.1. The van der Waals surface area contributed by atoms with Crippen LogP contribution >= 0.6 is 23.5 Å². The third kappa shape index (κ3) is 5.64. The Morgan fingerprint density at radius 1 is 1.19 bits per heavy atom. The van der Waals surface area contributed by atoms with Gasteiger partial charge in [0.05, 0.1) is 31.6 Å². The normalized spacial score (nSPS) is 25.6. The van der Waals surface area contributed by atoms with Crippen LogP contribution in [0.25, 0.3) is 11.2 Å². The predicted octanol–water partition coefficient (Wildman–Crippen LogP) is -1.45. The van der Waals surface area contributed by atoms with E-state index in [0.717, 1.165) is 0 Å². The molecule has 21 heteroatoms. The molecule has 1 aliphatic rings. The molecule has 3 rings (SSSR count). The highest BCUT2D eigenvalue weighted by molar-refractivity contribution is 7.66. The number of aliphatic hydroxyl groups excluding tert-OH is 1. The van der Waals surface area contributed by atoms with Gasteiger partial charge >= 0.3 is 23.5 Å². The van der Waals surface area contributed by atoms with Gasteiger partial charge in [-0.3, -0.25) is 18.9 Å². The summed E-state index contributed by atoms with van der Waals surface area (Å²) in [6.07, 6.45) is -0.743. The largest absolute Gasteiger partial charge is 0.490 e. The van der Waals surface area contributed by atoms with Crippen molar-refractivity contribution in [2.24, 2.45) is 5.92 Å². The average Bonchev–Trinajstić information content (AvgIpc) is 2.94. The number of nitrogens with two attached hydrogens (primary N) is 1. The van der Waals surface area contributed by atoms with Gasteiger partial charge in [0.15, 0.2) is 11.2 Å². The molecule has 8 N–H and O–H groups in total. The maximum Gasteiger partial charge on any atom is 0.490 e. The van der Waals surface area contributed by atoms with Crippen LogP contribution in [0, 0.1) is 5.92 Å². The Kier molecular flexibility index (Phi) is 6.57. The van der Waals surface area contributed by atoms with Gasteiger partial charge in [0.1, 0.15) is 6.23 Å². The van der Waals surface area contributed by atoms with Crippen LogP contribution in [0.5, 0.6) is 0 Å². The van der Waals surface area contributed by atoms with Crippen molar-refractivity contribution in [1.29, 1.82) is 0 Å². The molecular weight excluding hydrogens is 491 g/mol. The number of rotatable bonds is 9. The van der Waals surface area contributed by atoms with E-state index in [4.69, 9.17) is 25.2 Å². The van der Waals surface area contributed by atoms with Crippen LogP contribution in [0.4, 0.5) is 5.95 Å². The van der Waals surface area contributed by atoms with Crippen molar-refractivity contribution in [2.45, 2.75) is 12.3 Å². The minimum atomic E-state index is -5.65. The predicted molar refractivity (Wildman–Crippen MR) is 96.9 cm³/mol. The number of nitrogens with one attached hydrogen (secondary N) is 1. The third-order valence-corrected chi connectivity index (χ3v) is 7.71. The quantitative estimate of drug-likeness (QED) is 0.191. The molecule has 31 heavy (non-hydrogen) atoms. The fourth-order valence-corrected chi connectivity index (χ4v) is 5.75. The smallest absolute Gasteiger partial charge is 0.396 e. The summed E-state index contributed by atoms with van der Waals surface area (Å²) in [5.41, 5.74) is 4.89. The maximum atomic E-state index is 11.8. The molecule has 1 saturated heterocycles. The number of fused-ring (bicyclic) bond motifs is 1. The summed E-state index contributed by atoms with van der Waals surface area (Å²) in [6.45, 7) is -1.26. The van der Waals surface area contributed by atoms with Crippen molar-refractivity contribution in [3.8, 4) is 0 Å². The summed E-state index contributed by atoms with van der Waals surface area (Å²) in [5, 5.41) is 9.61. The first-order valence-electron chi connectivity index (χ1n) is 7.98. The molecule has 1 fully saturated rings. The molecule has 2 aromatic rings. The average molecular weight is 507 g/mol. The van der Waals surface area contributed by atoms with Crippen LogP contribution in [0.1, 0.15) is 6.23 Å². The number of phosphoric acid groups is 3. The van der Waals surface area contributed by atoms with Gasteiger partial charge in [0, 0.05) is 0 Å². The van der Waals surface area contributed by atoms with E-state index in [0.29, 0.717) is 0 Å². The van der Waals surface area contributed by atoms with Crippen LogP contribution in [-0.2, 0) is 31.6 Å². The SMILES string of the molecule is Nc1nc2c(ncn2C2OC(COP(=O)(O)OP(=O)(O)OP(=O)(O)O)C2CO)c(=O)[nH]1. The molecule has 1 aliphatic heterocycles. The molecule has 18 nitrogen and oxygen atoms in total. The summed E-state index contributed by atoms with van der Waals surface area (Å²) in [6, 6.07) is 0. The van der Waals surface area contributed by atoms with Crippen molar-refractivity contribution in [3.05, 3.63) is 16.7 Å². The van der Waals surface area contributed by atoms with Gasteiger partial charge in [-0.2, -0.15) is 13.6 Å². The molecule has 0 aliphatic carbocycles.